The molecule has 15 aromatic rings. The average molecular weight is 2190 g/mol. The molecule has 5 aromatic heterocycles. The zero-order valence-electron chi connectivity index (χ0n) is 80.2. The zero-order valence-corrected chi connectivity index (χ0v) is 87.0. The summed E-state index contributed by atoms with van der Waals surface area (Å²) in [6, 6.07) is 51.4. The van der Waals surface area contributed by atoms with Gasteiger partial charge >= 0.3 is 6.18 Å². The summed E-state index contributed by atoms with van der Waals surface area (Å²) < 4.78 is 45.8. The van der Waals surface area contributed by atoms with Crippen molar-refractivity contribution in [3.05, 3.63) is 327 Å². The summed E-state index contributed by atoms with van der Waals surface area (Å²) >= 11 is 57.9. The molecule has 10 heterocycles. The van der Waals surface area contributed by atoms with Gasteiger partial charge in [0.1, 0.15) is 66.8 Å². The second-order valence-electron chi connectivity index (χ2n) is 34.6. The van der Waals surface area contributed by atoms with Crippen LogP contribution in [-0.2, 0) is 46.3 Å². The van der Waals surface area contributed by atoms with Gasteiger partial charge in [-0.05, 0) is 150 Å². The number of carbonyl (C=O) groups excluding carboxylic acids is 6. The molecule has 0 radical (unpaired) electrons. The van der Waals surface area contributed by atoms with Crippen LogP contribution in [0.4, 0.5) is 42.3 Å². The Hall–Kier alpha value is -14.2. The van der Waals surface area contributed by atoms with Crippen LogP contribution in [0.15, 0.2) is 271 Å². The Kier molecular flexibility index (Phi) is 34.9. The van der Waals surface area contributed by atoms with Crippen molar-refractivity contribution in [3.63, 3.8) is 0 Å². The van der Waals surface area contributed by atoms with Crippen LogP contribution in [0, 0.1) is 0 Å². The molecule has 2 N–H and O–H groups in total. The minimum Gasteiger partial charge on any atom is -0.380 e. The molecule has 5 saturated heterocycles. The smallest absolute Gasteiger partial charge is 0.380 e. The number of nitrogens with two attached hydrogens (primary N) is 1. The third kappa shape index (κ3) is 24.5. The molecule has 762 valence electrons. The van der Waals surface area contributed by atoms with Gasteiger partial charge in [0.25, 0.3) is 0 Å². The molecule has 28 nitrogen and oxygen atoms in total. The van der Waals surface area contributed by atoms with Gasteiger partial charge in [0.05, 0.1) is 39.8 Å². The number of primary amides is 1. The molecule has 0 spiro atoms. The number of methoxy groups -OCH3 is 1. The predicted octanol–water partition coefficient (Wildman–Crippen LogP) is 21.6. The largest absolute Gasteiger partial charge is 0.417 e. The standard InChI is InChI=1S/C23H23ClN4O2.C22H18ClF3N4O.C22H20ClN5O2.2C21H17Cl3N4O/c1-3-22(29)27-8-10-28(11-9-27)23-19-12-20(24)18(13-21(19)25-15-26-23)17-7-5-4-6-16(17)14-30-2;1-2-20(31)29-7-9-30(10-8-29)21-16-11-18(23)15(12-19(16)27-13-28-21)14-5-3-4-6-17(14)22(24,25)26;1-2-20(29)28-9-8-27(12-19(28)21(24)30)22-16-10-17(23)15(11-18(16)25-13-26-22)14-6-4-3-5-7-14;1-2-20(29)27-5-7-28(8-6-27)21-16-10-18(24)15(11-19(16)25-12-26-21)14-9-13(22)3-4-17(14)23;1-2-20(29)27-5-7-28(8-6-27)21-16-10-18(24)15(11-19(16)25-12-26-21)14-4-3-13(22)9-17(14)23/h3-7,12-13,15H,1,8-11,14H2,2H3;2-6,11-13H,1,7-10H2;2-7,10-11,13,19H,1,8-9,12H2,(H2,24,30);2*2-4,9-12H,1,5-8H2. The van der Waals surface area contributed by atoms with Crippen LogP contribution in [0.2, 0.25) is 45.2 Å². The van der Waals surface area contributed by atoms with Crippen molar-refractivity contribution in [3.8, 4) is 55.6 Å². The number of amides is 6. The number of anilines is 5. The van der Waals surface area contributed by atoms with E-state index in [0.717, 1.165) is 117 Å². The van der Waals surface area contributed by atoms with Gasteiger partial charge in [0, 0.05) is 243 Å². The van der Waals surface area contributed by atoms with Crippen molar-refractivity contribution in [2.75, 3.05) is 156 Å². The Labute approximate surface area is 901 Å². The van der Waals surface area contributed by atoms with Crippen LogP contribution in [0.25, 0.3) is 110 Å². The van der Waals surface area contributed by atoms with E-state index in [-0.39, 0.29) is 52.2 Å². The molecule has 0 bridgehead atoms. The molecule has 0 saturated carbocycles. The summed E-state index contributed by atoms with van der Waals surface area (Å²) in [7, 11) is 1.68. The lowest BCUT2D eigenvalue weighted by atomic mass is 9.98. The summed E-state index contributed by atoms with van der Waals surface area (Å²) in [4.78, 5) is 135. The predicted molar refractivity (Wildman–Crippen MR) is 589 cm³/mol. The lowest BCUT2D eigenvalue weighted by Crippen LogP contribution is -2.59. The van der Waals surface area contributed by atoms with E-state index < -0.39 is 23.7 Å². The van der Waals surface area contributed by atoms with E-state index in [1.54, 1.807) is 87.9 Å². The fourth-order valence-corrected chi connectivity index (χ4v) is 20.6. The molecule has 5 aliphatic heterocycles. The van der Waals surface area contributed by atoms with E-state index >= 15 is 0 Å². The van der Waals surface area contributed by atoms with Gasteiger partial charge in [-0.1, -0.05) is 216 Å². The molecule has 10 aromatic carbocycles. The van der Waals surface area contributed by atoms with Crippen molar-refractivity contribution in [2.24, 2.45) is 5.73 Å². The summed E-state index contributed by atoms with van der Waals surface area (Å²) in [5.74, 6) is 2.57. The quantitative estimate of drug-likeness (QED) is 0.0780. The first-order valence-electron chi connectivity index (χ1n) is 46.9. The minimum absolute atomic E-state index is 0.00128. The van der Waals surface area contributed by atoms with E-state index in [2.05, 4.69) is 97.4 Å². The molecule has 1 unspecified atom stereocenters. The normalized spacial score (nSPS) is 14.8. The maximum absolute atomic E-state index is 13.5. The van der Waals surface area contributed by atoms with E-state index in [4.69, 9.17) is 115 Å². The molecule has 149 heavy (non-hydrogen) atoms. The fourth-order valence-electron chi connectivity index (χ4n) is 18.4. The number of carbonyl (C=O) groups is 6. The van der Waals surface area contributed by atoms with E-state index in [0.29, 0.717) is 187 Å². The van der Waals surface area contributed by atoms with Gasteiger partial charge in [0.2, 0.25) is 35.4 Å². The Bertz CT molecular complexity index is 7690. The van der Waals surface area contributed by atoms with Gasteiger partial charge in [-0.2, -0.15) is 13.2 Å². The van der Waals surface area contributed by atoms with Crippen LogP contribution in [-0.4, -0.2) is 247 Å². The van der Waals surface area contributed by atoms with Crippen molar-refractivity contribution >= 4 is 223 Å². The number of alkyl halides is 3. The number of nitrogens with zero attached hydrogens (tertiary/aromatic N) is 20. The van der Waals surface area contributed by atoms with Crippen molar-refractivity contribution in [1.29, 1.82) is 0 Å². The molecule has 40 heteroatoms. The third-order valence-electron chi connectivity index (χ3n) is 25.9. The zero-order chi connectivity index (χ0) is 106. The topological polar surface area (TPSA) is 299 Å². The number of halogens is 12. The number of benzene rings is 10. The highest BCUT2D eigenvalue weighted by Gasteiger charge is 2.38. The summed E-state index contributed by atoms with van der Waals surface area (Å²) in [5, 5.41) is 8.75. The molecular weight excluding hydrogens is 2090 g/mol. The second-order valence-corrected chi connectivity index (χ2v) is 38.4. The highest BCUT2D eigenvalue weighted by Crippen LogP contribution is 2.46. The van der Waals surface area contributed by atoms with Gasteiger partial charge in [-0.25, -0.2) is 49.8 Å². The van der Waals surface area contributed by atoms with Crippen LogP contribution >= 0.6 is 104 Å². The maximum Gasteiger partial charge on any atom is 0.417 e. The van der Waals surface area contributed by atoms with Crippen molar-refractivity contribution in [2.45, 2.75) is 18.8 Å². The number of ether oxygens (including phenoxy) is 1. The van der Waals surface area contributed by atoms with Gasteiger partial charge in [-0.3, -0.25) is 28.8 Å². The number of hydrogen-bond donors (Lipinski definition) is 1. The second kappa shape index (κ2) is 48.4. The van der Waals surface area contributed by atoms with Crippen molar-refractivity contribution in [1.82, 2.24) is 74.3 Å². The van der Waals surface area contributed by atoms with Gasteiger partial charge in [0.15, 0.2) is 0 Å². The lowest BCUT2D eigenvalue weighted by Gasteiger charge is -2.40. The molecular formula is C109H95Cl9F3N21O7. The Morgan fingerprint density at radius 1 is 0.329 bits per heavy atom. The Morgan fingerprint density at radius 3 is 1.01 bits per heavy atom. The number of aromatic nitrogens is 10. The molecule has 5 fully saturated rings. The Morgan fingerprint density at radius 2 is 0.638 bits per heavy atom. The van der Waals surface area contributed by atoms with E-state index in [1.165, 1.54) is 66.4 Å². The number of rotatable bonds is 18. The maximum atomic E-state index is 13.5. The highest BCUT2D eigenvalue weighted by molar-refractivity contribution is 6.40. The van der Waals surface area contributed by atoms with Gasteiger partial charge in [-0.15, -0.1) is 0 Å². The van der Waals surface area contributed by atoms with Crippen LogP contribution in [0.1, 0.15) is 11.1 Å². The summed E-state index contributed by atoms with van der Waals surface area (Å²) in [6.45, 7) is 29.2. The first-order valence-corrected chi connectivity index (χ1v) is 50.3. The molecule has 0 aliphatic carbocycles. The molecule has 1 atom stereocenters. The highest BCUT2D eigenvalue weighted by atomic mass is 35.5. The number of hydrogen-bond acceptors (Lipinski definition) is 22. The third-order valence-corrected chi connectivity index (χ3v) is 28.6. The summed E-state index contributed by atoms with van der Waals surface area (Å²) in [5.41, 5.74) is 16.6. The van der Waals surface area contributed by atoms with Crippen LogP contribution in [0.3, 0.4) is 0 Å². The van der Waals surface area contributed by atoms with Crippen LogP contribution in [0.5, 0.6) is 0 Å². The van der Waals surface area contributed by atoms with E-state index in [9.17, 15) is 41.9 Å². The average Bonchev–Trinajstić information content (AvgIpc) is 0.754. The molecule has 20 rings (SSSR count). The molecule has 6 amide bonds. The monoisotopic (exact) mass is 2180 g/mol. The first-order chi connectivity index (χ1) is 71.8. The number of piperazine rings is 5. The first kappa shape index (κ1) is 108. The number of fused-ring (bicyclic) bond motifs is 5. The minimum atomic E-state index is -4.51. The lowest BCUT2D eigenvalue weighted by molar-refractivity contribution is -0.137. The fraction of sp³-hybridized carbons (Fsp3) is 0.211. The SMILES string of the molecule is C=CC(=O)N1CCN(c2ncnc3cc(-c4cc(Cl)ccc4Cl)c(Cl)cc23)CC1.C=CC(=O)N1CCN(c2ncnc3cc(-c4ccc(Cl)cc4Cl)c(Cl)cc23)CC1.C=CC(=O)N1CCN(c2ncnc3cc(-c4ccccc4)c(Cl)cc23)CC1C(N)=O.C=CC(=O)N1CCN(c2ncnc3cc(-c4ccccc4C(F)(F)F)c(Cl)cc23)CC1.C=CC(=O)N1CCN(c2ncnc3cc(-c4ccccc4COC)c(Cl)cc23)CC1. The Balaban J connectivity index is 0.000000133. The van der Waals surface area contributed by atoms with E-state index in [1.807, 2.05) is 119 Å². The van der Waals surface area contributed by atoms with Crippen LogP contribution < -0.4 is 30.2 Å². The van der Waals surface area contributed by atoms with Crippen molar-refractivity contribution < 1.29 is 46.7 Å². The summed E-state index contributed by atoms with van der Waals surface area (Å²) in [6.07, 6.45) is 9.55. The van der Waals surface area contributed by atoms with Gasteiger partial charge < -0.3 is 59.5 Å². The molecule has 5 aliphatic rings.